The van der Waals surface area contributed by atoms with Gasteiger partial charge in [0.2, 0.25) is 0 Å². The molecule has 2 unspecified atom stereocenters. The Hall–Kier alpha value is -0.510. The summed E-state index contributed by atoms with van der Waals surface area (Å²) in [6, 6.07) is 9.81. The van der Waals surface area contributed by atoms with Crippen molar-refractivity contribution in [2.75, 3.05) is 18.8 Å². The fourth-order valence-electron chi connectivity index (χ4n) is 2.69. The predicted molar refractivity (Wildman–Crippen MR) is 90.2 cm³/mol. The van der Waals surface area contributed by atoms with E-state index in [-0.39, 0.29) is 0 Å². The molecule has 1 aliphatic rings. The third-order valence-corrected chi connectivity index (χ3v) is 5.47. The molecule has 112 valence electrons. The molecule has 1 fully saturated rings. The molecule has 1 saturated heterocycles. The Bertz CT molecular complexity index is 386. The number of hydrogen-bond acceptors (Lipinski definition) is 3. The van der Waals surface area contributed by atoms with Crippen molar-refractivity contribution in [3.05, 3.63) is 35.4 Å². The molecule has 0 saturated carbocycles. The summed E-state index contributed by atoms with van der Waals surface area (Å²) in [7, 11) is 0. The van der Waals surface area contributed by atoms with E-state index in [4.69, 9.17) is 0 Å². The molecule has 2 atom stereocenters. The van der Waals surface area contributed by atoms with Gasteiger partial charge in [-0.25, -0.2) is 0 Å². The maximum atomic E-state index is 3.68. The molecule has 20 heavy (non-hydrogen) atoms. The van der Waals surface area contributed by atoms with Gasteiger partial charge in [-0.3, -0.25) is 4.90 Å². The van der Waals surface area contributed by atoms with Gasteiger partial charge in [0.25, 0.3) is 0 Å². The third-order valence-electron chi connectivity index (χ3n) is 4.12. The Labute approximate surface area is 128 Å². The summed E-state index contributed by atoms with van der Waals surface area (Å²) in [6.07, 6.45) is 1.31. The van der Waals surface area contributed by atoms with E-state index in [0.29, 0.717) is 6.04 Å². The van der Waals surface area contributed by atoms with E-state index in [1.807, 2.05) is 0 Å². The molecule has 0 radical (unpaired) electrons. The van der Waals surface area contributed by atoms with Crippen molar-refractivity contribution in [2.24, 2.45) is 0 Å². The fraction of sp³-hybridized carbons (Fsp3) is 0.647. The second-order valence-electron chi connectivity index (χ2n) is 5.74. The average Bonchev–Trinajstić information content (AvgIpc) is 2.89. The Morgan fingerprint density at radius 3 is 2.35 bits per heavy atom. The molecule has 1 aromatic rings. The Morgan fingerprint density at radius 2 is 1.80 bits per heavy atom. The van der Waals surface area contributed by atoms with Crippen LogP contribution in [0.25, 0.3) is 0 Å². The van der Waals surface area contributed by atoms with Crippen LogP contribution in [0.5, 0.6) is 0 Å². The van der Waals surface area contributed by atoms with Crippen molar-refractivity contribution < 1.29 is 0 Å². The largest absolute Gasteiger partial charge is 0.309 e. The molecular weight excluding hydrogens is 264 g/mol. The first-order chi connectivity index (χ1) is 9.71. The summed E-state index contributed by atoms with van der Waals surface area (Å²) in [4.78, 5) is 2.45. The molecule has 3 heteroatoms. The van der Waals surface area contributed by atoms with Crippen LogP contribution in [-0.4, -0.2) is 35.0 Å². The zero-order chi connectivity index (χ0) is 14.4. The highest BCUT2D eigenvalue weighted by molar-refractivity contribution is 8.00. The highest BCUT2D eigenvalue weighted by Crippen LogP contribution is 2.26. The van der Waals surface area contributed by atoms with E-state index < -0.39 is 0 Å². The number of thioether (sulfide) groups is 1. The lowest BCUT2D eigenvalue weighted by Gasteiger charge is -2.18. The molecule has 0 amide bonds. The smallest absolute Gasteiger partial charge is 0.0233 e. The van der Waals surface area contributed by atoms with E-state index >= 15 is 0 Å². The Balaban J connectivity index is 1.79. The molecule has 2 nitrogen and oxygen atoms in total. The Morgan fingerprint density at radius 1 is 1.15 bits per heavy atom. The summed E-state index contributed by atoms with van der Waals surface area (Å²) in [5, 5.41) is 4.50. The van der Waals surface area contributed by atoms with Gasteiger partial charge in [0.15, 0.2) is 0 Å². The van der Waals surface area contributed by atoms with Crippen molar-refractivity contribution in [2.45, 2.75) is 51.6 Å². The van der Waals surface area contributed by atoms with Crippen molar-refractivity contribution in [1.82, 2.24) is 10.2 Å². The first-order valence-electron chi connectivity index (χ1n) is 7.86. The summed E-state index contributed by atoms with van der Waals surface area (Å²) < 4.78 is 0. The molecular formula is C17H28N2S. The topological polar surface area (TPSA) is 15.3 Å². The van der Waals surface area contributed by atoms with Gasteiger partial charge >= 0.3 is 0 Å². The van der Waals surface area contributed by atoms with Crippen LogP contribution in [0, 0.1) is 0 Å². The van der Waals surface area contributed by atoms with Gasteiger partial charge in [0.1, 0.15) is 0 Å². The van der Waals surface area contributed by atoms with Gasteiger partial charge in [-0.2, -0.15) is 11.8 Å². The highest BCUT2D eigenvalue weighted by Gasteiger charge is 2.20. The summed E-state index contributed by atoms with van der Waals surface area (Å²) >= 11 is 2.09. The molecule has 1 N–H and O–H groups in total. The fourth-order valence-corrected chi connectivity index (χ4v) is 3.87. The number of benzene rings is 1. The average molecular weight is 292 g/mol. The molecule has 0 spiro atoms. The molecule has 0 aliphatic carbocycles. The van der Waals surface area contributed by atoms with Crippen LogP contribution in [0.2, 0.25) is 0 Å². The normalized spacial score (nSPS) is 22.6. The molecule has 1 aromatic carbocycles. The zero-order valence-corrected chi connectivity index (χ0v) is 13.9. The monoisotopic (exact) mass is 292 g/mol. The summed E-state index contributed by atoms with van der Waals surface area (Å²) in [5.41, 5.74) is 2.82. The van der Waals surface area contributed by atoms with Gasteiger partial charge in [-0.15, -0.1) is 0 Å². The molecule has 2 rings (SSSR count). The van der Waals surface area contributed by atoms with E-state index in [1.165, 1.54) is 23.3 Å². The maximum Gasteiger partial charge on any atom is 0.0233 e. The second-order valence-corrected chi connectivity index (χ2v) is 7.21. The molecule has 0 bridgehead atoms. The van der Waals surface area contributed by atoms with Crippen LogP contribution < -0.4 is 5.32 Å². The summed E-state index contributed by atoms with van der Waals surface area (Å²) in [6.45, 7) is 11.1. The van der Waals surface area contributed by atoms with Crippen molar-refractivity contribution >= 4 is 11.8 Å². The van der Waals surface area contributed by atoms with Crippen LogP contribution in [-0.2, 0) is 13.1 Å². The first kappa shape index (κ1) is 15.9. The minimum absolute atomic E-state index is 0.699. The predicted octanol–water partition coefficient (Wildman–Crippen LogP) is 3.51. The molecule has 0 aromatic heterocycles. The van der Waals surface area contributed by atoms with E-state index in [0.717, 1.165) is 31.4 Å². The van der Waals surface area contributed by atoms with Gasteiger partial charge in [-0.05, 0) is 30.6 Å². The van der Waals surface area contributed by atoms with E-state index in [1.54, 1.807) is 0 Å². The molecule has 1 heterocycles. The quantitative estimate of drug-likeness (QED) is 0.828. The van der Waals surface area contributed by atoms with Crippen LogP contribution in [0.1, 0.15) is 38.3 Å². The van der Waals surface area contributed by atoms with Gasteiger partial charge in [0, 0.05) is 30.1 Å². The van der Waals surface area contributed by atoms with Crippen LogP contribution >= 0.6 is 11.8 Å². The van der Waals surface area contributed by atoms with Gasteiger partial charge < -0.3 is 5.32 Å². The third kappa shape index (κ3) is 4.80. The minimum Gasteiger partial charge on any atom is -0.309 e. The number of nitrogens with zero attached hydrogens (tertiary/aromatic N) is 1. The van der Waals surface area contributed by atoms with E-state index in [9.17, 15) is 0 Å². The van der Waals surface area contributed by atoms with Gasteiger partial charge in [-0.1, -0.05) is 45.0 Å². The maximum absolute atomic E-state index is 3.68. The zero-order valence-electron chi connectivity index (χ0n) is 13.1. The van der Waals surface area contributed by atoms with Crippen molar-refractivity contribution in [3.8, 4) is 0 Å². The Kier molecular flexibility index (Phi) is 6.40. The lowest BCUT2D eigenvalue weighted by atomic mass is 10.1. The SMILES string of the molecule is CCN(CC)Cc1ccc(CNC2CSC(C)C2)cc1. The first-order valence-corrected chi connectivity index (χ1v) is 8.91. The van der Waals surface area contributed by atoms with Crippen LogP contribution in [0.4, 0.5) is 0 Å². The van der Waals surface area contributed by atoms with Crippen molar-refractivity contribution in [3.63, 3.8) is 0 Å². The minimum atomic E-state index is 0.699. The lowest BCUT2D eigenvalue weighted by molar-refractivity contribution is 0.296. The van der Waals surface area contributed by atoms with Crippen LogP contribution in [0.15, 0.2) is 24.3 Å². The van der Waals surface area contributed by atoms with Crippen molar-refractivity contribution in [1.29, 1.82) is 0 Å². The highest BCUT2D eigenvalue weighted by atomic mass is 32.2. The standard InChI is InChI=1S/C17H28N2S/c1-4-19(5-2)12-16-8-6-15(7-9-16)11-18-17-10-14(3)20-13-17/h6-9,14,17-18H,4-5,10-13H2,1-3H3. The van der Waals surface area contributed by atoms with E-state index in [2.05, 4.69) is 67.0 Å². The number of rotatable bonds is 7. The number of hydrogen-bond donors (Lipinski definition) is 1. The second kappa shape index (κ2) is 8.06. The number of nitrogens with one attached hydrogen (secondary N) is 1. The summed E-state index contributed by atoms with van der Waals surface area (Å²) in [5.74, 6) is 1.27. The van der Waals surface area contributed by atoms with Crippen LogP contribution in [0.3, 0.4) is 0 Å². The molecule has 1 aliphatic heterocycles. The lowest BCUT2D eigenvalue weighted by Crippen LogP contribution is -2.28. The van der Waals surface area contributed by atoms with Gasteiger partial charge in [0.05, 0.1) is 0 Å².